The standard InChI is InChI=1S/C28H28N4O5S/c1-4-18-5-7-19(8-6-18)24-15-23(27(33)29-21-11-9-20(10-12-21)28(34)37-3)25-17(2)31-32(26(25)30-24)22-13-14-38(35,36)16-22/h5-12,15,22H,4,13-14,16H2,1-3H3,(H,29,33). The number of hydrogen-bond donors (Lipinski definition) is 1. The molecule has 1 atom stereocenters. The highest BCUT2D eigenvalue weighted by Crippen LogP contribution is 2.32. The van der Waals surface area contributed by atoms with Crippen molar-refractivity contribution in [3.8, 4) is 11.3 Å². The molecule has 2 aromatic heterocycles. The van der Waals surface area contributed by atoms with Gasteiger partial charge in [-0.05, 0) is 55.7 Å². The van der Waals surface area contributed by atoms with Crippen LogP contribution in [0.5, 0.6) is 0 Å². The molecule has 1 saturated heterocycles. The van der Waals surface area contributed by atoms with Crippen LogP contribution in [-0.2, 0) is 21.0 Å². The van der Waals surface area contributed by atoms with Crippen LogP contribution in [0.1, 0.15) is 51.4 Å². The monoisotopic (exact) mass is 532 g/mol. The minimum absolute atomic E-state index is 0.00556. The number of amides is 1. The quantitative estimate of drug-likeness (QED) is 0.366. The van der Waals surface area contributed by atoms with E-state index in [2.05, 4.69) is 17.3 Å². The number of aromatic nitrogens is 3. The van der Waals surface area contributed by atoms with Crippen LogP contribution in [0.15, 0.2) is 54.6 Å². The molecule has 4 aromatic rings. The molecule has 5 rings (SSSR count). The Morgan fingerprint density at radius 3 is 2.42 bits per heavy atom. The second kappa shape index (κ2) is 10.0. The Labute approximate surface area is 220 Å². The molecule has 0 bridgehead atoms. The second-order valence-electron chi connectivity index (χ2n) is 9.41. The fraction of sp³-hybridized carbons (Fsp3) is 0.286. The lowest BCUT2D eigenvalue weighted by atomic mass is 10.0. The van der Waals surface area contributed by atoms with Gasteiger partial charge in [-0.1, -0.05) is 31.2 Å². The van der Waals surface area contributed by atoms with E-state index < -0.39 is 15.8 Å². The van der Waals surface area contributed by atoms with Crippen molar-refractivity contribution >= 4 is 38.4 Å². The third-order valence-electron chi connectivity index (χ3n) is 6.86. The first kappa shape index (κ1) is 25.6. The van der Waals surface area contributed by atoms with Gasteiger partial charge in [-0.3, -0.25) is 4.79 Å². The summed E-state index contributed by atoms with van der Waals surface area (Å²) in [4.78, 5) is 30.2. The minimum atomic E-state index is -3.15. The van der Waals surface area contributed by atoms with Crippen molar-refractivity contribution in [3.05, 3.63) is 77.0 Å². The van der Waals surface area contributed by atoms with Gasteiger partial charge in [0.2, 0.25) is 0 Å². The van der Waals surface area contributed by atoms with Crippen LogP contribution in [0.25, 0.3) is 22.3 Å². The number of nitrogens with zero attached hydrogens (tertiary/aromatic N) is 3. The zero-order chi connectivity index (χ0) is 27.0. The van der Waals surface area contributed by atoms with Crippen molar-refractivity contribution in [1.82, 2.24) is 14.8 Å². The second-order valence-corrected chi connectivity index (χ2v) is 11.6. The number of carbonyl (C=O) groups is 2. The number of benzene rings is 2. The molecular formula is C28H28N4O5S. The Morgan fingerprint density at radius 1 is 1.11 bits per heavy atom. The van der Waals surface area contributed by atoms with Crippen LogP contribution in [0, 0.1) is 6.92 Å². The Balaban J connectivity index is 1.60. The van der Waals surface area contributed by atoms with E-state index in [1.807, 2.05) is 24.3 Å². The zero-order valence-corrected chi connectivity index (χ0v) is 22.2. The number of pyridine rings is 1. The van der Waals surface area contributed by atoms with E-state index in [1.165, 1.54) is 12.7 Å². The molecule has 1 unspecified atom stereocenters. The molecule has 1 aliphatic heterocycles. The summed E-state index contributed by atoms with van der Waals surface area (Å²) in [5, 5.41) is 8.12. The van der Waals surface area contributed by atoms with Crippen LogP contribution in [-0.4, -0.2) is 53.7 Å². The summed E-state index contributed by atoms with van der Waals surface area (Å²) in [6.45, 7) is 3.87. The molecule has 2 aromatic carbocycles. The van der Waals surface area contributed by atoms with Gasteiger partial charge >= 0.3 is 5.97 Å². The van der Waals surface area contributed by atoms with E-state index in [4.69, 9.17) is 9.72 Å². The van der Waals surface area contributed by atoms with Gasteiger partial charge < -0.3 is 10.1 Å². The van der Waals surface area contributed by atoms with Crippen molar-refractivity contribution in [3.63, 3.8) is 0 Å². The summed E-state index contributed by atoms with van der Waals surface area (Å²) in [5.74, 6) is -0.731. The van der Waals surface area contributed by atoms with Crippen molar-refractivity contribution in [1.29, 1.82) is 0 Å². The normalized spacial score (nSPS) is 16.4. The van der Waals surface area contributed by atoms with Gasteiger partial charge in [-0.15, -0.1) is 0 Å². The van der Waals surface area contributed by atoms with E-state index in [0.29, 0.717) is 45.7 Å². The molecule has 1 N–H and O–H groups in total. The Bertz CT molecular complexity index is 1640. The predicted molar refractivity (Wildman–Crippen MR) is 145 cm³/mol. The maximum atomic E-state index is 13.6. The summed E-state index contributed by atoms with van der Waals surface area (Å²) >= 11 is 0. The van der Waals surface area contributed by atoms with E-state index in [9.17, 15) is 18.0 Å². The number of hydrogen-bond acceptors (Lipinski definition) is 7. The first-order chi connectivity index (χ1) is 18.2. The molecule has 0 aliphatic carbocycles. The maximum absolute atomic E-state index is 13.6. The summed E-state index contributed by atoms with van der Waals surface area (Å²) in [6.07, 6.45) is 1.35. The van der Waals surface area contributed by atoms with E-state index in [0.717, 1.165) is 12.0 Å². The lowest BCUT2D eigenvalue weighted by molar-refractivity contribution is 0.0600. The number of fused-ring (bicyclic) bond motifs is 1. The van der Waals surface area contributed by atoms with Gasteiger partial charge in [0, 0.05) is 11.3 Å². The average Bonchev–Trinajstić information content (AvgIpc) is 3.46. The molecule has 0 radical (unpaired) electrons. The fourth-order valence-electron chi connectivity index (χ4n) is 4.78. The molecule has 38 heavy (non-hydrogen) atoms. The van der Waals surface area contributed by atoms with Gasteiger partial charge in [0.15, 0.2) is 15.5 Å². The molecule has 1 amide bonds. The van der Waals surface area contributed by atoms with Crippen LogP contribution in [0.2, 0.25) is 0 Å². The number of ether oxygens (including phenoxy) is 1. The molecule has 1 fully saturated rings. The van der Waals surface area contributed by atoms with E-state index >= 15 is 0 Å². The fourth-order valence-corrected chi connectivity index (χ4v) is 6.47. The molecule has 3 heterocycles. The molecular weight excluding hydrogens is 504 g/mol. The Hall–Kier alpha value is -4.05. The smallest absolute Gasteiger partial charge is 0.337 e. The van der Waals surface area contributed by atoms with Gasteiger partial charge in [-0.2, -0.15) is 5.10 Å². The van der Waals surface area contributed by atoms with Crippen molar-refractivity contribution in [2.45, 2.75) is 32.7 Å². The van der Waals surface area contributed by atoms with E-state index in [-0.39, 0.29) is 23.5 Å². The summed E-state index contributed by atoms with van der Waals surface area (Å²) < 4.78 is 30.8. The van der Waals surface area contributed by atoms with E-state index in [1.54, 1.807) is 41.9 Å². The molecule has 9 nitrogen and oxygen atoms in total. The van der Waals surface area contributed by atoms with Crippen LogP contribution in [0.3, 0.4) is 0 Å². The Kier molecular flexibility index (Phi) is 6.75. The molecule has 0 spiro atoms. The summed E-state index contributed by atoms with van der Waals surface area (Å²) in [6, 6.07) is 15.8. The van der Waals surface area contributed by atoms with Crippen molar-refractivity contribution < 1.29 is 22.7 Å². The molecule has 10 heteroatoms. The highest BCUT2D eigenvalue weighted by Gasteiger charge is 2.32. The number of carbonyl (C=O) groups excluding carboxylic acids is 2. The third kappa shape index (κ3) is 4.91. The number of anilines is 1. The molecule has 1 aliphatic rings. The summed E-state index contributed by atoms with van der Waals surface area (Å²) in [7, 11) is -1.84. The van der Waals surface area contributed by atoms with Crippen molar-refractivity contribution in [2.24, 2.45) is 0 Å². The lowest BCUT2D eigenvalue weighted by Crippen LogP contribution is -2.15. The van der Waals surface area contributed by atoms with Crippen LogP contribution >= 0.6 is 0 Å². The highest BCUT2D eigenvalue weighted by atomic mass is 32.2. The first-order valence-corrected chi connectivity index (χ1v) is 14.2. The van der Waals surface area contributed by atoms with Gasteiger partial charge in [0.1, 0.15) is 0 Å². The lowest BCUT2D eigenvalue weighted by Gasteiger charge is -2.13. The van der Waals surface area contributed by atoms with Crippen LogP contribution < -0.4 is 5.32 Å². The number of aryl methyl sites for hydroxylation is 2. The van der Waals surface area contributed by atoms with Crippen molar-refractivity contribution in [2.75, 3.05) is 23.9 Å². The predicted octanol–water partition coefficient (Wildman–Crippen LogP) is 4.37. The van der Waals surface area contributed by atoms with Gasteiger partial charge in [-0.25, -0.2) is 22.9 Å². The number of nitrogens with one attached hydrogen (secondary N) is 1. The number of rotatable bonds is 6. The first-order valence-electron chi connectivity index (χ1n) is 12.4. The van der Waals surface area contributed by atoms with Gasteiger partial charge in [0.25, 0.3) is 5.91 Å². The number of methoxy groups -OCH3 is 1. The topological polar surface area (TPSA) is 120 Å². The maximum Gasteiger partial charge on any atom is 0.337 e. The third-order valence-corrected chi connectivity index (χ3v) is 8.61. The molecule has 196 valence electrons. The SMILES string of the molecule is CCc1ccc(-c2cc(C(=O)Nc3ccc(C(=O)OC)cc3)c3c(C)nn(C4CCS(=O)(=O)C4)c3n2)cc1. The van der Waals surface area contributed by atoms with Crippen LogP contribution in [0.4, 0.5) is 5.69 Å². The minimum Gasteiger partial charge on any atom is -0.465 e. The summed E-state index contributed by atoms with van der Waals surface area (Å²) in [5.41, 5.74) is 4.94. The Morgan fingerprint density at radius 2 is 1.82 bits per heavy atom. The highest BCUT2D eigenvalue weighted by molar-refractivity contribution is 7.91. The number of sulfone groups is 1. The largest absolute Gasteiger partial charge is 0.465 e. The number of esters is 1. The zero-order valence-electron chi connectivity index (χ0n) is 21.4. The molecule has 0 saturated carbocycles. The van der Waals surface area contributed by atoms with Gasteiger partial charge in [0.05, 0.1) is 52.6 Å². The average molecular weight is 533 g/mol.